The summed E-state index contributed by atoms with van der Waals surface area (Å²) in [6, 6.07) is 0.494. The lowest BCUT2D eigenvalue weighted by Crippen LogP contribution is -2.46. The fourth-order valence-corrected chi connectivity index (χ4v) is 1.02. The van der Waals surface area contributed by atoms with Crippen molar-refractivity contribution in [2.75, 3.05) is 26.9 Å². The summed E-state index contributed by atoms with van der Waals surface area (Å²) in [6.07, 6.45) is 0.251. The Morgan fingerprint density at radius 2 is 2.36 bits per heavy atom. The van der Waals surface area contributed by atoms with E-state index in [9.17, 15) is 0 Å². The molecule has 68 valence electrons. The summed E-state index contributed by atoms with van der Waals surface area (Å²) in [6.45, 7) is 4.52. The van der Waals surface area contributed by atoms with E-state index in [2.05, 4.69) is 12.2 Å². The summed E-state index contributed by atoms with van der Waals surface area (Å²) in [5.74, 6) is 0. The van der Waals surface area contributed by atoms with Crippen molar-refractivity contribution in [2.45, 2.75) is 19.1 Å². The Morgan fingerprint density at radius 3 is 2.82 bits per heavy atom. The highest BCUT2D eigenvalue weighted by molar-refractivity contribution is 5.85. The van der Waals surface area contributed by atoms with Gasteiger partial charge in [0.15, 0.2) is 0 Å². The Hall–Kier alpha value is 0.170. The average Bonchev–Trinajstić information content (AvgIpc) is 1.95. The molecule has 11 heavy (non-hydrogen) atoms. The largest absolute Gasteiger partial charge is 0.382 e. The van der Waals surface area contributed by atoms with Gasteiger partial charge in [-0.15, -0.1) is 12.4 Å². The lowest BCUT2D eigenvalue weighted by molar-refractivity contribution is -0.0330. The predicted octanol–water partition coefficient (Wildman–Crippen LogP) is 0.432. The van der Waals surface area contributed by atoms with Crippen LogP contribution < -0.4 is 5.32 Å². The number of hydrogen-bond acceptors (Lipinski definition) is 3. The van der Waals surface area contributed by atoms with E-state index in [1.54, 1.807) is 7.11 Å². The van der Waals surface area contributed by atoms with Crippen molar-refractivity contribution in [2.24, 2.45) is 0 Å². The number of methoxy groups -OCH3 is 1. The first-order valence-electron chi connectivity index (χ1n) is 3.67. The minimum absolute atomic E-state index is 0. The third kappa shape index (κ3) is 3.91. The van der Waals surface area contributed by atoms with Gasteiger partial charge in [0.05, 0.1) is 19.3 Å². The summed E-state index contributed by atoms with van der Waals surface area (Å²) in [5.41, 5.74) is 0. The first-order chi connectivity index (χ1) is 4.83. The van der Waals surface area contributed by atoms with E-state index in [0.29, 0.717) is 12.6 Å². The van der Waals surface area contributed by atoms with Crippen LogP contribution in [-0.2, 0) is 9.47 Å². The lowest BCUT2D eigenvalue weighted by atomic mass is 10.2. The molecule has 1 heterocycles. The zero-order valence-electron chi connectivity index (χ0n) is 7.00. The maximum atomic E-state index is 5.44. The van der Waals surface area contributed by atoms with Crippen LogP contribution in [0.15, 0.2) is 0 Å². The summed E-state index contributed by atoms with van der Waals surface area (Å²) in [5, 5.41) is 3.31. The standard InChI is InChI=1S/C7H15NO2.ClH/c1-6-4-10-7(3-8-6)5-9-2;/h6-8H,3-5H2,1-2H3;1H/t6-,7+;/m0./s1. The number of rotatable bonds is 2. The monoisotopic (exact) mass is 181 g/mol. The van der Waals surface area contributed by atoms with E-state index in [1.165, 1.54) is 0 Å². The van der Waals surface area contributed by atoms with Crippen molar-refractivity contribution in [1.82, 2.24) is 5.32 Å². The van der Waals surface area contributed by atoms with E-state index in [0.717, 1.165) is 13.2 Å². The van der Waals surface area contributed by atoms with Crippen molar-refractivity contribution in [3.8, 4) is 0 Å². The maximum absolute atomic E-state index is 5.44. The fraction of sp³-hybridized carbons (Fsp3) is 1.00. The van der Waals surface area contributed by atoms with Gasteiger partial charge in [-0.05, 0) is 6.92 Å². The summed E-state index contributed by atoms with van der Waals surface area (Å²) in [7, 11) is 1.70. The predicted molar refractivity (Wildman–Crippen MR) is 46.3 cm³/mol. The van der Waals surface area contributed by atoms with Crippen molar-refractivity contribution in [3.05, 3.63) is 0 Å². The van der Waals surface area contributed by atoms with Gasteiger partial charge < -0.3 is 14.8 Å². The first kappa shape index (κ1) is 11.2. The molecule has 2 atom stereocenters. The molecule has 0 saturated carbocycles. The fourth-order valence-electron chi connectivity index (χ4n) is 1.02. The maximum Gasteiger partial charge on any atom is 0.0933 e. The Balaban J connectivity index is 0.000001000. The summed E-state index contributed by atoms with van der Waals surface area (Å²) < 4.78 is 10.4. The van der Waals surface area contributed by atoms with E-state index >= 15 is 0 Å². The van der Waals surface area contributed by atoms with E-state index in [-0.39, 0.29) is 18.5 Å². The smallest absolute Gasteiger partial charge is 0.0933 e. The van der Waals surface area contributed by atoms with Crippen molar-refractivity contribution in [1.29, 1.82) is 0 Å². The number of nitrogens with one attached hydrogen (secondary N) is 1. The zero-order chi connectivity index (χ0) is 7.40. The van der Waals surface area contributed by atoms with Crippen LogP contribution in [0.5, 0.6) is 0 Å². The van der Waals surface area contributed by atoms with Gasteiger partial charge in [-0.25, -0.2) is 0 Å². The second-order valence-corrected chi connectivity index (χ2v) is 2.72. The molecular weight excluding hydrogens is 166 g/mol. The Bertz CT molecular complexity index is 94.4. The van der Waals surface area contributed by atoms with Gasteiger partial charge in [0.25, 0.3) is 0 Å². The molecule has 1 saturated heterocycles. The molecule has 0 aromatic heterocycles. The van der Waals surface area contributed by atoms with E-state index in [1.807, 2.05) is 0 Å². The van der Waals surface area contributed by atoms with Crippen LogP contribution in [0, 0.1) is 0 Å². The van der Waals surface area contributed by atoms with E-state index in [4.69, 9.17) is 9.47 Å². The normalized spacial score (nSPS) is 31.1. The highest BCUT2D eigenvalue weighted by Crippen LogP contribution is 1.99. The number of ether oxygens (including phenoxy) is 2. The molecule has 1 aliphatic rings. The Kier molecular flexibility index (Phi) is 5.86. The Labute approximate surface area is 73.9 Å². The van der Waals surface area contributed by atoms with Crippen molar-refractivity contribution >= 4 is 12.4 Å². The number of hydrogen-bond donors (Lipinski definition) is 1. The molecule has 0 unspecified atom stereocenters. The van der Waals surface area contributed by atoms with Gasteiger partial charge in [0.1, 0.15) is 0 Å². The lowest BCUT2D eigenvalue weighted by Gasteiger charge is -2.27. The van der Waals surface area contributed by atoms with Crippen molar-refractivity contribution < 1.29 is 9.47 Å². The molecular formula is C7H16ClNO2. The second kappa shape index (κ2) is 5.77. The minimum Gasteiger partial charge on any atom is -0.382 e. The molecule has 1 rings (SSSR count). The molecule has 0 aromatic carbocycles. The SMILES string of the molecule is COC[C@H]1CN[C@@H](C)CO1.Cl. The van der Waals surface area contributed by atoms with Crippen LogP contribution in [0.3, 0.4) is 0 Å². The zero-order valence-corrected chi connectivity index (χ0v) is 7.82. The Morgan fingerprint density at radius 1 is 1.64 bits per heavy atom. The molecule has 1 aliphatic heterocycles. The van der Waals surface area contributed by atoms with Crippen LogP contribution in [0.1, 0.15) is 6.92 Å². The quantitative estimate of drug-likeness (QED) is 0.671. The molecule has 1 N–H and O–H groups in total. The molecule has 0 amide bonds. The van der Waals surface area contributed by atoms with Crippen LogP contribution in [0.4, 0.5) is 0 Å². The second-order valence-electron chi connectivity index (χ2n) is 2.72. The molecule has 0 aromatic rings. The summed E-state index contributed by atoms with van der Waals surface area (Å²) >= 11 is 0. The van der Waals surface area contributed by atoms with Gasteiger partial charge in [-0.3, -0.25) is 0 Å². The van der Waals surface area contributed by atoms with Crippen molar-refractivity contribution in [3.63, 3.8) is 0 Å². The van der Waals surface area contributed by atoms with Crippen LogP contribution in [0.25, 0.3) is 0 Å². The molecule has 0 spiro atoms. The molecule has 4 heteroatoms. The minimum atomic E-state index is 0. The molecule has 0 aliphatic carbocycles. The van der Waals surface area contributed by atoms with Gasteiger partial charge in [-0.1, -0.05) is 0 Å². The highest BCUT2D eigenvalue weighted by Gasteiger charge is 2.16. The molecule has 0 radical (unpaired) electrons. The molecule has 1 fully saturated rings. The topological polar surface area (TPSA) is 30.5 Å². The van der Waals surface area contributed by atoms with Gasteiger partial charge in [0, 0.05) is 19.7 Å². The number of morpholine rings is 1. The third-order valence-corrected chi connectivity index (χ3v) is 1.63. The first-order valence-corrected chi connectivity index (χ1v) is 3.67. The van der Waals surface area contributed by atoms with Crippen LogP contribution >= 0.6 is 12.4 Å². The molecule has 3 nitrogen and oxygen atoms in total. The third-order valence-electron chi connectivity index (χ3n) is 1.63. The van der Waals surface area contributed by atoms with E-state index < -0.39 is 0 Å². The van der Waals surface area contributed by atoms with Gasteiger partial charge in [0.2, 0.25) is 0 Å². The van der Waals surface area contributed by atoms with Crippen LogP contribution in [-0.4, -0.2) is 39.0 Å². The van der Waals surface area contributed by atoms with Gasteiger partial charge >= 0.3 is 0 Å². The average molecular weight is 182 g/mol. The summed E-state index contributed by atoms with van der Waals surface area (Å²) in [4.78, 5) is 0. The van der Waals surface area contributed by atoms with Gasteiger partial charge in [-0.2, -0.15) is 0 Å². The van der Waals surface area contributed by atoms with Crippen LogP contribution in [0.2, 0.25) is 0 Å². The molecule has 0 bridgehead atoms. The number of halogens is 1. The highest BCUT2D eigenvalue weighted by atomic mass is 35.5.